The van der Waals surface area contributed by atoms with Gasteiger partial charge in [-0.1, -0.05) is 11.6 Å². The third-order valence-electron chi connectivity index (χ3n) is 3.39. The fourth-order valence-electron chi connectivity index (χ4n) is 2.11. The van der Waals surface area contributed by atoms with Crippen molar-refractivity contribution in [1.29, 1.82) is 0 Å². The van der Waals surface area contributed by atoms with Gasteiger partial charge in [-0.15, -0.1) is 10.2 Å². The highest BCUT2D eigenvalue weighted by Gasteiger charge is 2.17. The van der Waals surface area contributed by atoms with Gasteiger partial charge in [0.2, 0.25) is 12.3 Å². The predicted octanol–water partition coefficient (Wildman–Crippen LogP) is 4.02. The third kappa shape index (κ3) is 3.83. The minimum atomic E-state index is -2.85. The first-order valence-corrected chi connectivity index (χ1v) is 7.59. The summed E-state index contributed by atoms with van der Waals surface area (Å²) in [6.07, 6.45) is -0.933. The SMILES string of the molecule is O=CN(Cc1ccc(-c2nnc(C(F)F)o2)cn1)c1ccc(F)c(Cl)c1. The standard InChI is InChI=1S/C16H10ClF3N4O2/c17-12-5-11(3-4-13(12)18)24(8-25)7-10-2-1-9(6-21-10)15-22-23-16(26-15)14(19)20/h1-6,8,14H,7H2. The molecule has 0 saturated heterocycles. The lowest BCUT2D eigenvalue weighted by Gasteiger charge is -2.17. The zero-order valence-corrected chi connectivity index (χ0v) is 13.7. The Balaban J connectivity index is 1.76. The van der Waals surface area contributed by atoms with E-state index in [4.69, 9.17) is 16.0 Å². The Morgan fingerprint density at radius 3 is 2.62 bits per heavy atom. The molecule has 0 aliphatic rings. The highest BCUT2D eigenvalue weighted by molar-refractivity contribution is 6.31. The summed E-state index contributed by atoms with van der Waals surface area (Å²) in [4.78, 5) is 16.7. The van der Waals surface area contributed by atoms with E-state index in [-0.39, 0.29) is 17.5 Å². The Bertz CT molecular complexity index is 918. The minimum Gasteiger partial charge on any atom is -0.415 e. The molecule has 0 atom stereocenters. The lowest BCUT2D eigenvalue weighted by atomic mass is 10.2. The predicted molar refractivity (Wildman–Crippen MR) is 86.1 cm³/mol. The summed E-state index contributed by atoms with van der Waals surface area (Å²) in [5.74, 6) is -1.45. The Hall–Kier alpha value is -2.94. The smallest absolute Gasteiger partial charge is 0.314 e. The van der Waals surface area contributed by atoms with Gasteiger partial charge in [-0.05, 0) is 30.3 Å². The van der Waals surface area contributed by atoms with Crippen molar-refractivity contribution in [2.24, 2.45) is 0 Å². The van der Waals surface area contributed by atoms with Gasteiger partial charge in [-0.2, -0.15) is 8.78 Å². The molecule has 134 valence electrons. The van der Waals surface area contributed by atoms with Crippen LogP contribution in [-0.2, 0) is 11.3 Å². The van der Waals surface area contributed by atoms with E-state index in [0.717, 1.165) is 6.07 Å². The quantitative estimate of drug-likeness (QED) is 0.602. The number of carbonyl (C=O) groups excluding carboxylic acids is 1. The number of hydrogen-bond donors (Lipinski definition) is 0. The van der Waals surface area contributed by atoms with Gasteiger partial charge in [-0.25, -0.2) is 4.39 Å². The molecule has 0 unspecified atom stereocenters. The van der Waals surface area contributed by atoms with Crippen LogP contribution in [0.4, 0.5) is 18.9 Å². The molecule has 10 heteroatoms. The van der Waals surface area contributed by atoms with Crippen LogP contribution < -0.4 is 4.90 Å². The Morgan fingerprint density at radius 2 is 2.04 bits per heavy atom. The summed E-state index contributed by atoms with van der Waals surface area (Å²) in [6, 6.07) is 7.01. The van der Waals surface area contributed by atoms with Crippen LogP contribution in [0.3, 0.4) is 0 Å². The van der Waals surface area contributed by atoms with E-state index < -0.39 is 18.1 Å². The van der Waals surface area contributed by atoms with E-state index >= 15 is 0 Å². The lowest BCUT2D eigenvalue weighted by molar-refractivity contribution is -0.107. The van der Waals surface area contributed by atoms with Crippen LogP contribution in [0.1, 0.15) is 18.0 Å². The van der Waals surface area contributed by atoms with Crippen molar-refractivity contribution in [1.82, 2.24) is 15.2 Å². The number of benzene rings is 1. The fraction of sp³-hybridized carbons (Fsp3) is 0.125. The molecule has 3 aromatic rings. The van der Waals surface area contributed by atoms with Crippen LogP contribution in [0, 0.1) is 5.82 Å². The van der Waals surface area contributed by atoms with Crippen LogP contribution in [-0.4, -0.2) is 21.6 Å². The lowest BCUT2D eigenvalue weighted by Crippen LogP contribution is -2.21. The molecule has 0 fully saturated rings. The maximum atomic E-state index is 13.2. The molecule has 0 aliphatic carbocycles. The largest absolute Gasteiger partial charge is 0.415 e. The molecule has 1 amide bonds. The van der Waals surface area contributed by atoms with Crippen LogP contribution in [0.2, 0.25) is 5.02 Å². The maximum Gasteiger partial charge on any atom is 0.314 e. The first-order chi connectivity index (χ1) is 12.5. The summed E-state index contributed by atoms with van der Waals surface area (Å²) in [5.41, 5.74) is 1.25. The van der Waals surface area contributed by atoms with Crippen molar-refractivity contribution >= 4 is 23.7 Å². The molecule has 6 nitrogen and oxygen atoms in total. The monoisotopic (exact) mass is 382 g/mol. The number of rotatable bonds is 6. The Morgan fingerprint density at radius 1 is 1.23 bits per heavy atom. The van der Waals surface area contributed by atoms with Gasteiger partial charge >= 0.3 is 6.43 Å². The second-order valence-corrected chi connectivity index (χ2v) is 5.52. The summed E-state index contributed by atoms with van der Waals surface area (Å²) in [5, 5.41) is 6.66. The van der Waals surface area contributed by atoms with E-state index in [9.17, 15) is 18.0 Å². The van der Waals surface area contributed by atoms with Crippen LogP contribution in [0.5, 0.6) is 0 Å². The molecule has 0 bridgehead atoms. The average Bonchev–Trinajstić information content (AvgIpc) is 3.13. The van der Waals surface area contributed by atoms with Gasteiger partial charge in [0.05, 0.1) is 22.8 Å². The molecule has 2 aromatic heterocycles. The molecular weight excluding hydrogens is 373 g/mol. The maximum absolute atomic E-state index is 13.2. The Labute approximate surface area is 150 Å². The molecule has 0 saturated carbocycles. The number of nitrogens with zero attached hydrogens (tertiary/aromatic N) is 4. The van der Waals surface area contributed by atoms with E-state index in [2.05, 4.69) is 15.2 Å². The molecule has 0 N–H and O–H groups in total. The number of aromatic nitrogens is 3. The van der Waals surface area contributed by atoms with Crippen molar-refractivity contribution in [3.05, 3.63) is 59.0 Å². The molecule has 2 heterocycles. The summed E-state index contributed by atoms with van der Waals surface area (Å²) in [7, 11) is 0. The highest BCUT2D eigenvalue weighted by atomic mass is 35.5. The molecule has 26 heavy (non-hydrogen) atoms. The van der Waals surface area contributed by atoms with Crippen molar-refractivity contribution in [2.75, 3.05) is 4.90 Å². The van der Waals surface area contributed by atoms with Crippen molar-refractivity contribution in [3.63, 3.8) is 0 Å². The molecule has 0 spiro atoms. The number of hydrogen-bond acceptors (Lipinski definition) is 5. The molecule has 0 aliphatic heterocycles. The van der Waals surface area contributed by atoms with Gasteiger partial charge < -0.3 is 9.32 Å². The van der Waals surface area contributed by atoms with Gasteiger partial charge in [0.15, 0.2) is 0 Å². The third-order valence-corrected chi connectivity index (χ3v) is 3.68. The zero-order chi connectivity index (χ0) is 18.7. The van der Waals surface area contributed by atoms with E-state index in [1.165, 1.54) is 23.2 Å². The van der Waals surface area contributed by atoms with Crippen LogP contribution >= 0.6 is 11.6 Å². The number of pyridine rings is 1. The zero-order valence-electron chi connectivity index (χ0n) is 12.9. The topological polar surface area (TPSA) is 72.1 Å². The minimum absolute atomic E-state index is 0.0862. The number of alkyl halides is 2. The average molecular weight is 383 g/mol. The molecular formula is C16H10ClF3N4O2. The highest BCUT2D eigenvalue weighted by Crippen LogP contribution is 2.25. The van der Waals surface area contributed by atoms with Crippen molar-refractivity contribution in [2.45, 2.75) is 13.0 Å². The summed E-state index contributed by atoms with van der Waals surface area (Å²) in [6.45, 7) is 0.0951. The summed E-state index contributed by atoms with van der Waals surface area (Å²) >= 11 is 5.72. The van der Waals surface area contributed by atoms with Gasteiger partial charge in [0.1, 0.15) is 5.82 Å². The van der Waals surface area contributed by atoms with E-state index in [1.807, 2.05) is 0 Å². The van der Waals surface area contributed by atoms with E-state index in [0.29, 0.717) is 23.4 Å². The molecule has 0 radical (unpaired) electrons. The number of anilines is 1. The van der Waals surface area contributed by atoms with Crippen LogP contribution in [0.25, 0.3) is 11.5 Å². The van der Waals surface area contributed by atoms with Gasteiger partial charge in [0, 0.05) is 11.9 Å². The second kappa shape index (κ2) is 7.52. The summed E-state index contributed by atoms with van der Waals surface area (Å²) < 4.78 is 43.0. The normalized spacial score (nSPS) is 11.0. The van der Waals surface area contributed by atoms with E-state index in [1.54, 1.807) is 12.1 Å². The first-order valence-electron chi connectivity index (χ1n) is 7.22. The second-order valence-electron chi connectivity index (χ2n) is 5.12. The molecule has 1 aromatic carbocycles. The van der Waals surface area contributed by atoms with Crippen molar-refractivity contribution < 1.29 is 22.4 Å². The number of halogens is 4. The first kappa shape index (κ1) is 17.9. The number of amides is 1. The molecule has 3 rings (SSSR count). The van der Waals surface area contributed by atoms with Gasteiger partial charge in [-0.3, -0.25) is 9.78 Å². The van der Waals surface area contributed by atoms with Gasteiger partial charge in [0.25, 0.3) is 5.89 Å². The van der Waals surface area contributed by atoms with Crippen molar-refractivity contribution in [3.8, 4) is 11.5 Å². The number of carbonyl (C=O) groups is 1. The fourth-order valence-corrected chi connectivity index (χ4v) is 2.29. The Kier molecular flexibility index (Phi) is 5.17. The van der Waals surface area contributed by atoms with Crippen LogP contribution in [0.15, 0.2) is 40.9 Å².